The number of aromatic nitrogens is 1. The number of hydrogen-bond acceptors (Lipinski definition) is 3. The lowest BCUT2D eigenvalue weighted by molar-refractivity contribution is -0.116. The number of carbonyl (C=O) groups is 1. The van der Waals surface area contributed by atoms with E-state index in [1.165, 1.54) is 0 Å². The van der Waals surface area contributed by atoms with Gasteiger partial charge in [-0.2, -0.15) is 5.26 Å². The first kappa shape index (κ1) is 17.6. The van der Waals surface area contributed by atoms with Crippen molar-refractivity contribution < 1.29 is 4.79 Å². The van der Waals surface area contributed by atoms with Crippen LogP contribution in [0.15, 0.2) is 30.3 Å². The monoisotopic (exact) mass is 324 g/mol. The van der Waals surface area contributed by atoms with Crippen molar-refractivity contribution in [3.63, 3.8) is 0 Å². The van der Waals surface area contributed by atoms with Crippen LogP contribution in [0.25, 0.3) is 0 Å². The van der Waals surface area contributed by atoms with E-state index in [0.29, 0.717) is 17.3 Å². The van der Waals surface area contributed by atoms with Crippen molar-refractivity contribution in [3.8, 4) is 6.07 Å². The van der Waals surface area contributed by atoms with Crippen LogP contribution in [0.5, 0.6) is 0 Å². The molecule has 0 aliphatic heterocycles. The molecule has 1 aromatic heterocycles. The molecule has 24 heavy (non-hydrogen) atoms. The molecule has 0 radical (unpaired) electrons. The summed E-state index contributed by atoms with van der Waals surface area (Å²) in [5, 5.41) is 12.2. The second-order valence-corrected chi connectivity index (χ2v) is 6.43. The number of amides is 1. The lowest BCUT2D eigenvalue weighted by Crippen LogP contribution is -2.21. The van der Waals surface area contributed by atoms with Gasteiger partial charge in [0.15, 0.2) is 0 Å². The van der Waals surface area contributed by atoms with Gasteiger partial charge < -0.3 is 15.6 Å². The number of nitriles is 1. The highest BCUT2D eigenvalue weighted by Gasteiger charge is 2.16. The van der Waals surface area contributed by atoms with Gasteiger partial charge in [0.05, 0.1) is 5.69 Å². The minimum Gasteiger partial charge on any atom is -0.397 e. The van der Waals surface area contributed by atoms with Crippen LogP contribution in [0.3, 0.4) is 0 Å². The molecule has 2 aromatic rings. The Kier molecular flexibility index (Phi) is 5.64. The zero-order valence-electron chi connectivity index (χ0n) is 14.5. The maximum atomic E-state index is 12.4. The molecule has 1 aromatic carbocycles. The Morgan fingerprint density at radius 1 is 1.38 bits per heavy atom. The molecular formula is C19H24N4O. The molecule has 0 atom stereocenters. The minimum absolute atomic E-state index is 0.0852. The number of nitrogens with zero attached hydrogens (tertiary/aromatic N) is 2. The first-order valence-corrected chi connectivity index (χ1v) is 8.15. The Morgan fingerprint density at radius 2 is 2.08 bits per heavy atom. The van der Waals surface area contributed by atoms with Crippen LogP contribution in [0.4, 0.5) is 11.4 Å². The van der Waals surface area contributed by atoms with E-state index in [-0.39, 0.29) is 12.5 Å². The molecule has 2 rings (SSSR count). The predicted molar refractivity (Wildman–Crippen MR) is 96.5 cm³/mol. The summed E-state index contributed by atoms with van der Waals surface area (Å²) in [6, 6.07) is 11.4. The van der Waals surface area contributed by atoms with Crippen molar-refractivity contribution in [2.24, 2.45) is 5.92 Å². The molecule has 0 spiro atoms. The predicted octanol–water partition coefficient (Wildman–Crippen LogP) is 3.48. The fourth-order valence-corrected chi connectivity index (χ4v) is 2.63. The SMILES string of the molecule is Cc1ccccc1NC(=O)Cn1c(C#N)cc(N)c1CCC(C)C. The fourth-order valence-electron chi connectivity index (χ4n) is 2.63. The van der Waals surface area contributed by atoms with E-state index >= 15 is 0 Å². The van der Waals surface area contributed by atoms with Gasteiger partial charge in [0, 0.05) is 11.4 Å². The van der Waals surface area contributed by atoms with Gasteiger partial charge >= 0.3 is 0 Å². The average molecular weight is 324 g/mol. The first-order chi connectivity index (χ1) is 11.4. The topological polar surface area (TPSA) is 83.8 Å². The number of nitrogens with two attached hydrogens (primary N) is 1. The van der Waals surface area contributed by atoms with E-state index < -0.39 is 0 Å². The van der Waals surface area contributed by atoms with E-state index in [1.54, 1.807) is 10.6 Å². The van der Waals surface area contributed by atoms with Crippen LogP contribution in [0.2, 0.25) is 0 Å². The van der Waals surface area contributed by atoms with Gasteiger partial charge in [-0.05, 0) is 43.4 Å². The quantitative estimate of drug-likeness (QED) is 0.853. The molecular weight excluding hydrogens is 300 g/mol. The summed E-state index contributed by atoms with van der Waals surface area (Å²) < 4.78 is 1.73. The van der Waals surface area contributed by atoms with Gasteiger partial charge in [-0.25, -0.2) is 0 Å². The Balaban J connectivity index is 2.20. The molecule has 126 valence electrons. The van der Waals surface area contributed by atoms with Crippen LogP contribution in [0, 0.1) is 24.2 Å². The molecule has 0 unspecified atom stereocenters. The van der Waals surface area contributed by atoms with Crippen LogP contribution in [0.1, 0.15) is 37.2 Å². The number of rotatable bonds is 6. The zero-order valence-corrected chi connectivity index (χ0v) is 14.5. The Labute approximate surface area is 143 Å². The van der Waals surface area contributed by atoms with Crippen molar-refractivity contribution in [1.29, 1.82) is 5.26 Å². The number of aryl methyl sites for hydroxylation is 1. The molecule has 0 fully saturated rings. The summed E-state index contributed by atoms with van der Waals surface area (Å²) in [6.07, 6.45) is 1.71. The fraction of sp³-hybridized carbons (Fsp3) is 0.368. The molecule has 0 saturated carbocycles. The Hall–Kier alpha value is -2.74. The van der Waals surface area contributed by atoms with Gasteiger partial charge in [0.2, 0.25) is 5.91 Å². The number of nitrogens with one attached hydrogen (secondary N) is 1. The van der Waals surface area contributed by atoms with Crippen molar-refractivity contribution in [3.05, 3.63) is 47.3 Å². The number of para-hydroxylation sites is 1. The van der Waals surface area contributed by atoms with Crippen LogP contribution < -0.4 is 11.1 Å². The Bertz CT molecular complexity index is 768. The summed E-state index contributed by atoms with van der Waals surface area (Å²) in [5.41, 5.74) is 9.70. The summed E-state index contributed by atoms with van der Waals surface area (Å²) in [6.45, 7) is 6.30. The van der Waals surface area contributed by atoms with Crippen LogP contribution in [-0.2, 0) is 17.8 Å². The maximum Gasteiger partial charge on any atom is 0.244 e. The number of hydrogen-bond donors (Lipinski definition) is 2. The molecule has 0 saturated heterocycles. The van der Waals surface area contributed by atoms with Crippen LogP contribution in [-0.4, -0.2) is 10.5 Å². The molecule has 0 aliphatic rings. The normalized spacial score (nSPS) is 10.6. The second kappa shape index (κ2) is 7.69. The van der Waals surface area contributed by atoms with E-state index in [4.69, 9.17) is 5.73 Å². The summed E-state index contributed by atoms with van der Waals surface area (Å²) >= 11 is 0. The minimum atomic E-state index is -0.165. The van der Waals surface area contributed by atoms with Crippen molar-refractivity contribution in [1.82, 2.24) is 4.57 Å². The number of benzene rings is 1. The third-order valence-electron chi connectivity index (χ3n) is 4.04. The van der Waals surface area contributed by atoms with Gasteiger partial charge in [0.1, 0.15) is 18.3 Å². The maximum absolute atomic E-state index is 12.4. The third-order valence-corrected chi connectivity index (χ3v) is 4.04. The lowest BCUT2D eigenvalue weighted by Gasteiger charge is -2.13. The second-order valence-electron chi connectivity index (χ2n) is 6.43. The molecule has 3 N–H and O–H groups in total. The highest BCUT2D eigenvalue weighted by atomic mass is 16.1. The largest absolute Gasteiger partial charge is 0.397 e. The van der Waals surface area contributed by atoms with Gasteiger partial charge in [-0.1, -0.05) is 32.0 Å². The smallest absolute Gasteiger partial charge is 0.244 e. The highest BCUT2D eigenvalue weighted by Crippen LogP contribution is 2.22. The van der Waals surface area contributed by atoms with Crippen molar-refractivity contribution in [2.45, 2.75) is 40.2 Å². The third kappa shape index (κ3) is 4.17. The molecule has 5 heteroatoms. The van der Waals surface area contributed by atoms with E-state index in [1.807, 2.05) is 31.2 Å². The van der Waals surface area contributed by atoms with Crippen molar-refractivity contribution >= 4 is 17.3 Å². The van der Waals surface area contributed by atoms with Gasteiger partial charge in [-0.3, -0.25) is 4.79 Å². The molecule has 0 bridgehead atoms. The molecule has 1 heterocycles. The standard InChI is InChI=1S/C19H24N4O/c1-13(2)8-9-18-16(21)10-15(11-20)23(18)12-19(24)22-17-7-5-4-6-14(17)3/h4-7,10,13H,8-9,12,21H2,1-3H3,(H,22,24). The summed E-state index contributed by atoms with van der Waals surface area (Å²) in [4.78, 5) is 12.4. The zero-order chi connectivity index (χ0) is 17.7. The van der Waals surface area contributed by atoms with E-state index in [9.17, 15) is 10.1 Å². The molecule has 1 amide bonds. The van der Waals surface area contributed by atoms with Crippen molar-refractivity contribution in [2.75, 3.05) is 11.1 Å². The van der Waals surface area contributed by atoms with Gasteiger partial charge in [0.25, 0.3) is 0 Å². The number of carbonyl (C=O) groups excluding carboxylic acids is 1. The van der Waals surface area contributed by atoms with Gasteiger partial charge in [-0.15, -0.1) is 0 Å². The highest BCUT2D eigenvalue weighted by molar-refractivity contribution is 5.91. The molecule has 0 aliphatic carbocycles. The summed E-state index contributed by atoms with van der Waals surface area (Å²) in [5.74, 6) is 0.362. The average Bonchev–Trinajstić information content (AvgIpc) is 2.82. The lowest BCUT2D eigenvalue weighted by atomic mass is 10.1. The van der Waals surface area contributed by atoms with E-state index in [2.05, 4.69) is 25.2 Å². The first-order valence-electron chi connectivity index (χ1n) is 8.15. The Morgan fingerprint density at radius 3 is 2.71 bits per heavy atom. The summed E-state index contributed by atoms with van der Waals surface area (Å²) in [7, 11) is 0. The van der Waals surface area contributed by atoms with Crippen LogP contribution >= 0.6 is 0 Å². The van der Waals surface area contributed by atoms with E-state index in [0.717, 1.165) is 29.8 Å². The number of anilines is 2. The number of nitrogen functional groups attached to an aromatic ring is 1. The molecule has 5 nitrogen and oxygen atoms in total.